The Morgan fingerprint density at radius 3 is 2.36 bits per heavy atom. The second kappa shape index (κ2) is 7.25. The van der Waals surface area contributed by atoms with Gasteiger partial charge in [0.15, 0.2) is 0 Å². The van der Waals surface area contributed by atoms with Crippen LogP contribution in [0.15, 0.2) is 64.0 Å². The van der Waals surface area contributed by atoms with Crippen LogP contribution in [0.3, 0.4) is 0 Å². The van der Waals surface area contributed by atoms with Crippen molar-refractivity contribution in [1.29, 1.82) is 0 Å². The fourth-order valence-electron chi connectivity index (χ4n) is 2.64. The molecule has 148 valence electrons. The molecule has 0 aliphatic carbocycles. The minimum atomic E-state index is -3.84. The Balaban J connectivity index is 2.11. The molecular weight excluding hydrogens is 399 g/mol. The topological polar surface area (TPSA) is 68.5 Å². The number of fused-ring (bicyclic) bond motifs is 1. The number of benzene rings is 2. The van der Waals surface area contributed by atoms with Crippen LogP contribution in [0.4, 0.5) is 4.39 Å². The van der Waals surface area contributed by atoms with Crippen LogP contribution in [0, 0.1) is 5.82 Å². The Kier molecular flexibility index (Phi) is 5.29. The molecule has 0 N–H and O–H groups in total. The van der Waals surface area contributed by atoms with Crippen molar-refractivity contribution >= 4 is 37.6 Å². The maximum atomic E-state index is 14.8. The molecule has 0 bridgehead atoms. The Morgan fingerprint density at radius 1 is 1.11 bits per heavy atom. The zero-order valence-electron chi connectivity index (χ0n) is 16.0. The minimum absolute atomic E-state index is 0.121. The van der Waals surface area contributed by atoms with Crippen LogP contribution in [0.1, 0.15) is 33.3 Å². The van der Waals surface area contributed by atoms with Gasteiger partial charge in [-0.15, -0.1) is 0 Å². The molecule has 1 atom stereocenters. The summed E-state index contributed by atoms with van der Waals surface area (Å²) in [6, 6.07) is 12.3. The Morgan fingerprint density at radius 2 is 1.75 bits per heavy atom. The highest BCUT2D eigenvalue weighted by Gasteiger charge is 2.22. The third kappa shape index (κ3) is 3.79. The van der Waals surface area contributed by atoms with Crippen LogP contribution in [0.2, 0.25) is 0 Å². The van der Waals surface area contributed by atoms with Gasteiger partial charge in [0.25, 0.3) is 10.0 Å². The van der Waals surface area contributed by atoms with Gasteiger partial charge in [0.2, 0.25) is 0 Å². The van der Waals surface area contributed by atoms with E-state index in [9.17, 15) is 17.0 Å². The van der Waals surface area contributed by atoms with Gasteiger partial charge in [-0.2, -0.15) is 4.40 Å². The van der Waals surface area contributed by atoms with Gasteiger partial charge < -0.3 is 0 Å². The van der Waals surface area contributed by atoms with E-state index < -0.39 is 31.6 Å². The van der Waals surface area contributed by atoms with E-state index in [1.54, 1.807) is 52.0 Å². The summed E-state index contributed by atoms with van der Waals surface area (Å²) >= 11 is 0. The van der Waals surface area contributed by atoms with Gasteiger partial charge in [-0.25, -0.2) is 21.0 Å². The van der Waals surface area contributed by atoms with Crippen LogP contribution in [0.5, 0.6) is 0 Å². The average Bonchev–Trinajstić information content (AvgIpc) is 3.04. The van der Waals surface area contributed by atoms with E-state index in [0.29, 0.717) is 11.1 Å². The van der Waals surface area contributed by atoms with Crippen molar-refractivity contribution in [3.63, 3.8) is 0 Å². The summed E-state index contributed by atoms with van der Waals surface area (Å²) in [5, 5.41) is 0.548. The van der Waals surface area contributed by atoms with E-state index in [4.69, 9.17) is 0 Å². The van der Waals surface area contributed by atoms with Crippen molar-refractivity contribution < 1.29 is 17.0 Å². The standard InChI is InChI=1S/C20H21FN2O3S2/c1-14(22-27(24)20(2,3)4)17-12-15-10-11-23(19(15)13-18(17)21)28(25,26)16-8-6-5-7-9-16/h5-13H,1-4H3. The maximum absolute atomic E-state index is 14.8. The van der Waals surface area contributed by atoms with Crippen LogP contribution < -0.4 is 0 Å². The van der Waals surface area contributed by atoms with Crippen LogP contribution in [-0.2, 0) is 21.0 Å². The second-order valence-corrected chi connectivity index (χ2v) is 11.1. The second-order valence-electron chi connectivity index (χ2n) is 7.36. The van der Waals surface area contributed by atoms with Gasteiger partial charge in [-0.3, -0.25) is 0 Å². The van der Waals surface area contributed by atoms with Gasteiger partial charge >= 0.3 is 0 Å². The Bertz CT molecular complexity index is 1190. The summed E-state index contributed by atoms with van der Waals surface area (Å²) in [7, 11) is -5.36. The summed E-state index contributed by atoms with van der Waals surface area (Å²) < 4.78 is 57.4. The fraction of sp³-hybridized carbons (Fsp3) is 0.250. The summed E-state index contributed by atoms with van der Waals surface area (Å²) in [6.07, 6.45) is 1.40. The van der Waals surface area contributed by atoms with E-state index in [0.717, 1.165) is 3.97 Å². The van der Waals surface area contributed by atoms with Crippen molar-refractivity contribution in [3.8, 4) is 0 Å². The molecule has 3 rings (SSSR count). The van der Waals surface area contributed by atoms with Crippen LogP contribution >= 0.6 is 0 Å². The lowest BCUT2D eigenvalue weighted by Crippen LogP contribution is -2.20. The lowest BCUT2D eigenvalue weighted by Gasteiger charge is -2.14. The first-order valence-corrected chi connectivity index (χ1v) is 11.2. The number of halogens is 1. The molecule has 0 aliphatic heterocycles. The number of rotatable bonds is 4. The van der Waals surface area contributed by atoms with E-state index >= 15 is 0 Å². The zero-order valence-corrected chi connectivity index (χ0v) is 17.6. The van der Waals surface area contributed by atoms with Gasteiger partial charge in [-0.1, -0.05) is 18.2 Å². The molecule has 0 amide bonds. The van der Waals surface area contributed by atoms with Crippen LogP contribution in [-0.4, -0.2) is 27.1 Å². The quantitative estimate of drug-likeness (QED) is 0.591. The molecule has 28 heavy (non-hydrogen) atoms. The average molecular weight is 421 g/mol. The highest BCUT2D eigenvalue weighted by molar-refractivity contribution is 7.90. The Labute approximate surface area is 166 Å². The van der Waals surface area contributed by atoms with Crippen molar-refractivity contribution in [2.45, 2.75) is 37.3 Å². The molecule has 0 radical (unpaired) electrons. The smallest absolute Gasteiger partial charge is 0.241 e. The zero-order chi connectivity index (χ0) is 20.7. The number of hydrogen-bond acceptors (Lipinski definition) is 3. The molecule has 1 aromatic heterocycles. The minimum Gasteiger partial charge on any atom is -0.241 e. The third-order valence-corrected chi connectivity index (χ3v) is 7.37. The van der Waals surface area contributed by atoms with Crippen molar-refractivity contribution in [2.24, 2.45) is 4.40 Å². The summed E-state index contributed by atoms with van der Waals surface area (Å²) in [5.41, 5.74) is 0.723. The molecule has 5 nitrogen and oxygen atoms in total. The fourth-order valence-corrected chi connectivity index (χ4v) is 4.62. The SMILES string of the molecule is CC(=NS(=O)C(C)(C)C)c1cc2ccn(S(=O)(=O)c3ccccc3)c2cc1F. The molecule has 8 heteroatoms. The lowest BCUT2D eigenvalue weighted by molar-refractivity contribution is 0.589. The molecule has 1 unspecified atom stereocenters. The maximum Gasteiger partial charge on any atom is 0.268 e. The third-order valence-electron chi connectivity index (χ3n) is 4.18. The van der Waals surface area contributed by atoms with Crippen LogP contribution in [0.25, 0.3) is 10.9 Å². The lowest BCUT2D eigenvalue weighted by atomic mass is 10.1. The van der Waals surface area contributed by atoms with E-state index in [1.807, 2.05) is 0 Å². The molecule has 0 spiro atoms. The molecule has 0 fully saturated rings. The Hall–Kier alpha value is -2.32. The molecule has 1 heterocycles. The van der Waals surface area contributed by atoms with Crippen molar-refractivity contribution in [3.05, 3.63) is 66.1 Å². The van der Waals surface area contributed by atoms with Gasteiger partial charge in [0, 0.05) is 17.1 Å². The highest BCUT2D eigenvalue weighted by atomic mass is 32.2. The number of hydrogen-bond donors (Lipinski definition) is 0. The first-order valence-electron chi connectivity index (χ1n) is 8.61. The normalized spacial score (nSPS) is 14.4. The van der Waals surface area contributed by atoms with Gasteiger partial charge in [0.1, 0.15) is 16.8 Å². The predicted molar refractivity (Wildman–Crippen MR) is 111 cm³/mol. The highest BCUT2D eigenvalue weighted by Crippen LogP contribution is 2.26. The molecule has 0 aliphatic rings. The van der Waals surface area contributed by atoms with Gasteiger partial charge in [-0.05, 0) is 58.0 Å². The monoisotopic (exact) mass is 420 g/mol. The van der Waals surface area contributed by atoms with Crippen molar-refractivity contribution in [1.82, 2.24) is 3.97 Å². The summed E-state index contributed by atoms with van der Waals surface area (Å²) in [5.74, 6) is -0.622. The van der Waals surface area contributed by atoms with E-state index in [-0.39, 0.29) is 16.0 Å². The van der Waals surface area contributed by atoms with E-state index in [2.05, 4.69) is 4.40 Å². The number of nitrogens with zero attached hydrogens (tertiary/aromatic N) is 2. The van der Waals surface area contributed by atoms with Gasteiger partial charge in [0.05, 0.1) is 20.9 Å². The molecular formula is C20H21FN2O3S2. The molecule has 2 aromatic carbocycles. The largest absolute Gasteiger partial charge is 0.268 e. The molecule has 0 saturated heterocycles. The molecule has 3 aromatic rings. The molecule has 0 saturated carbocycles. The van der Waals surface area contributed by atoms with Crippen molar-refractivity contribution in [2.75, 3.05) is 0 Å². The summed E-state index contributed by atoms with van der Waals surface area (Å²) in [4.78, 5) is 0.121. The number of aromatic nitrogens is 1. The summed E-state index contributed by atoms with van der Waals surface area (Å²) in [6.45, 7) is 6.95. The first-order chi connectivity index (χ1) is 13.0. The van der Waals surface area contributed by atoms with E-state index in [1.165, 1.54) is 30.5 Å². The first kappa shape index (κ1) is 20.4. The predicted octanol–water partition coefficient (Wildman–Crippen LogP) is 4.29.